The van der Waals surface area contributed by atoms with E-state index in [4.69, 9.17) is 4.74 Å². The molecule has 0 atom stereocenters. The first-order valence-electron chi connectivity index (χ1n) is 8.01. The van der Waals surface area contributed by atoms with Gasteiger partial charge in [-0.05, 0) is 57.1 Å². The second-order valence-corrected chi connectivity index (χ2v) is 5.30. The van der Waals surface area contributed by atoms with Gasteiger partial charge in [0.2, 0.25) is 0 Å². The number of ether oxygens (including phenoxy) is 1. The molecule has 5 nitrogen and oxygen atoms in total. The average molecular weight is 307 g/mol. The minimum absolute atomic E-state index is 0.173. The van der Waals surface area contributed by atoms with Gasteiger partial charge in [-0.15, -0.1) is 0 Å². The standard InChI is InChI=1S/C17H29N3O2/c1-5-20(6-2)12-8-11-18-17(21)19-13-22-16-10-7-9-14(3)15(16)4/h7,9-10H,5-6,8,11-13H2,1-4H3,(H2,18,19,21). The predicted octanol–water partition coefficient (Wildman–Crippen LogP) is 2.67. The largest absolute Gasteiger partial charge is 0.473 e. The Kier molecular flexibility index (Phi) is 8.36. The molecule has 22 heavy (non-hydrogen) atoms. The summed E-state index contributed by atoms with van der Waals surface area (Å²) in [4.78, 5) is 14.0. The Morgan fingerprint density at radius 2 is 1.91 bits per heavy atom. The first-order valence-corrected chi connectivity index (χ1v) is 8.01. The Bertz CT molecular complexity index is 459. The molecule has 1 rings (SSSR count). The van der Waals surface area contributed by atoms with Crippen LogP contribution in [0.4, 0.5) is 4.79 Å². The van der Waals surface area contributed by atoms with Crippen LogP contribution in [0, 0.1) is 13.8 Å². The van der Waals surface area contributed by atoms with E-state index in [1.807, 2.05) is 32.0 Å². The van der Waals surface area contributed by atoms with E-state index in [0.717, 1.165) is 37.4 Å². The van der Waals surface area contributed by atoms with Crippen LogP contribution < -0.4 is 15.4 Å². The Hall–Kier alpha value is -1.75. The lowest BCUT2D eigenvalue weighted by Crippen LogP contribution is -2.39. The van der Waals surface area contributed by atoms with Crippen LogP contribution >= 0.6 is 0 Å². The number of carbonyl (C=O) groups excluding carboxylic acids is 1. The normalized spacial score (nSPS) is 10.6. The number of carbonyl (C=O) groups is 1. The van der Waals surface area contributed by atoms with Crippen LogP contribution in [0.2, 0.25) is 0 Å². The van der Waals surface area contributed by atoms with E-state index in [1.54, 1.807) is 0 Å². The lowest BCUT2D eigenvalue weighted by molar-refractivity contribution is 0.222. The van der Waals surface area contributed by atoms with Crippen molar-refractivity contribution >= 4 is 6.03 Å². The van der Waals surface area contributed by atoms with Crippen molar-refractivity contribution in [1.29, 1.82) is 0 Å². The van der Waals surface area contributed by atoms with E-state index in [2.05, 4.69) is 29.4 Å². The molecule has 0 heterocycles. The van der Waals surface area contributed by atoms with Crippen molar-refractivity contribution in [3.63, 3.8) is 0 Å². The third-order valence-corrected chi connectivity index (χ3v) is 3.85. The Morgan fingerprint density at radius 1 is 1.18 bits per heavy atom. The lowest BCUT2D eigenvalue weighted by Gasteiger charge is -2.17. The second kappa shape index (κ2) is 10.1. The molecule has 0 fully saturated rings. The summed E-state index contributed by atoms with van der Waals surface area (Å²) in [7, 11) is 0. The fourth-order valence-corrected chi connectivity index (χ4v) is 2.17. The summed E-state index contributed by atoms with van der Waals surface area (Å²) in [5.74, 6) is 0.807. The summed E-state index contributed by atoms with van der Waals surface area (Å²) in [5, 5.41) is 5.55. The van der Waals surface area contributed by atoms with Crippen molar-refractivity contribution < 1.29 is 9.53 Å². The van der Waals surface area contributed by atoms with Crippen LogP contribution in [0.15, 0.2) is 18.2 Å². The minimum atomic E-state index is -0.190. The molecule has 0 unspecified atom stereocenters. The van der Waals surface area contributed by atoms with Crippen molar-refractivity contribution in [1.82, 2.24) is 15.5 Å². The van der Waals surface area contributed by atoms with Gasteiger partial charge >= 0.3 is 6.03 Å². The first kappa shape index (κ1) is 18.3. The van der Waals surface area contributed by atoms with Gasteiger partial charge in [0.25, 0.3) is 0 Å². The molecule has 0 spiro atoms. The van der Waals surface area contributed by atoms with Gasteiger partial charge in [0, 0.05) is 6.54 Å². The number of amides is 2. The number of hydrogen-bond donors (Lipinski definition) is 2. The van der Waals surface area contributed by atoms with Crippen molar-refractivity contribution in [3.8, 4) is 5.75 Å². The zero-order valence-electron chi connectivity index (χ0n) is 14.2. The van der Waals surface area contributed by atoms with Crippen molar-refractivity contribution in [2.24, 2.45) is 0 Å². The summed E-state index contributed by atoms with van der Waals surface area (Å²) < 4.78 is 5.59. The molecule has 0 saturated carbocycles. The van der Waals surface area contributed by atoms with Gasteiger partial charge in [-0.1, -0.05) is 26.0 Å². The first-order chi connectivity index (χ1) is 10.6. The van der Waals surface area contributed by atoms with Crippen molar-refractivity contribution in [3.05, 3.63) is 29.3 Å². The number of rotatable bonds is 9. The summed E-state index contributed by atoms with van der Waals surface area (Å²) in [6.07, 6.45) is 0.951. The van der Waals surface area contributed by atoms with E-state index >= 15 is 0 Å². The van der Waals surface area contributed by atoms with Crippen LogP contribution in [-0.4, -0.2) is 43.8 Å². The van der Waals surface area contributed by atoms with Crippen LogP contribution in [0.3, 0.4) is 0 Å². The van der Waals surface area contributed by atoms with E-state index in [1.165, 1.54) is 5.56 Å². The van der Waals surface area contributed by atoms with Crippen molar-refractivity contribution in [2.45, 2.75) is 34.1 Å². The SMILES string of the molecule is CCN(CC)CCCNC(=O)NCOc1cccc(C)c1C. The Morgan fingerprint density at radius 3 is 2.59 bits per heavy atom. The number of benzene rings is 1. The topological polar surface area (TPSA) is 53.6 Å². The van der Waals surface area contributed by atoms with Crippen LogP contribution in [0.1, 0.15) is 31.4 Å². The Balaban J connectivity index is 2.17. The third-order valence-electron chi connectivity index (χ3n) is 3.85. The molecule has 5 heteroatoms. The molecule has 0 saturated heterocycles. The highest BCUT2D eigenvalue weighted by Crippen LogP contribution is 2.19. The highest BCUT2D eigenvalue weighted by Gasteiger charge is 2.04. The van der Waals surface area contributed by atoms with Crippen LogP contribution in [-0.2, 0) is 0 Å². The summed E-state index contributed by atoms with van der Waals surface area (Å²) in [5.41, 5.74) is 2.28. The Labute approximate surface area is 134 Å². The van der Waals surface area contributed by atoms with E-state index in [9.17, 15) is 4.79 Å². The fraction of sp³-hybridized carbons (Fsp3) is 0.588. The van der Waals surface area contributed by atoms with E-state index < -0.39 is 0 Å². The van der Waals surface area contributed by atoms with Gasteiger partial charge in [-0.25, -0.2) is 4.79 Å². The highest BCUT2D eigenvalue weighted by atomic mass is 16.5. The molecule has 1 aromatic rings. The van der Waals surface area contributed by atoms with Gasteiger partial charge in [0.1, 0.15) is 5.75 Å². The van der Waals surface area contributed by atoms with Gasteiger partial charge < -0.3 is 20.3 Å². The molecule has 0 aromatic heterocycles. The van der Waals surface area contributed by atoms with Crippen LogP contribution in [0.25, 0.3) is 0 Å². The minimum Gasteiger partial charge on any atom is -0.473 e. The predicted molar refractivity (Wildman–Crippen MR) is 90.4 cm³/mol. The third kappa shape index (κ3) is 6.35. The zero-order valence-corrected chi connectivity index (χ0v) is 14.2. The van der Waals surface area contributed by atoms with E-state index in [-0.39, 0.29) is 12.8 Å². The van der Waals surface area contributed by atoms with E-state index in [0.29, 0.717) is 6.54 Å². The molecule has 0 radical (unpaired) electrons. The average Bonchev–Trinajstić information content (AvgIpc) is 2.51. The summed E-state index contributed by atoms with van der Waals surface area (Å²) in [6.45, 7) is 12.3. The lowest BCUT2D eigenvalue weighted by atomic mass is 10.1. The summed E-state index contributed by atoms with van der Waals surface area (Å²) in [6, 6.07) is 5.71. The van der Waals surface area contributed by atoms with Gasteiger partial charge in [-0.2, -0.15) is 0 Å². The van der Waals surface area contributed by atoms with Crippen LogP contribution in [0.5, 0.6) is 5.75 Å². The number of nitrogens with one attached hydrogen (secondary N) is 2. The molecular weight excluding hydrogens is 278 g/mol. The molecule has 0 bridgehead atoms. The van der Waals surface area contributed by atoms with Gasteiger partial charge in [0.15, 0.2) is 6.73 Å². The van der Waals surface area contributed by atoms with Crippen molar-refractivity contribution in [2.75, 3.05) is 32.9 Å². The highest BCUT2D eigenvalue weighted by molar-refractivity contribution is 5.73. The zero-order chi connectivity index (χ0) is 16.4. The van der Waals surface area contributed by atoms with Gasteiger partial charge in [0.05, 0.1) is 0 Å². The number of urea groups is 1. The molecule has 2 N–H and O–H groups in total. The molecule has 0 aliphatic carbocycles. The second-order valence-electron chi connectivity index (χ2n) is 5.30. The molecule has 124 valence electrons. The number of hydrogen-bond acceptors (Lipinski definition) is 3. The molecule has 2 amide bonds. The maximum Gasteiger partial charge on any atom is 0.317 e. The molecular formula is C17H29N3O2. The smallest absolute Gasteiger partial charge is 0.317 e. The monoisotopic (exact) mass is 307 g/mol. The molecule has 1 aromatic carbocycles. The number of aryl methyl sites for hydroxylation is 1. The maximum absolute atomic E-state index is 11.7. The number of nitrogens with zero attached hydrogens (tertiary/aromatic N) is 1. The molecule has 0 aliphatic rings. The quantitative estimate of drug-likeness (QED) is 0.545. The maximum atomic E-state index is 11.7. The summed E-state index contributed by atoms with van der Waals surface area (Å²) >= 11 is 0. The fourth-order valence-electron chi connectivity index (χ4n) is 2.17. The molecule has 0 aliphatic heterocycles. The van der Waals surface area contributed by atoms with Gasteiger partial charge in [-0.3, -0.25) is 0 Å².